The van der Waals surface area contributed by atoms with Gasteiger partial charge in [-0.15, -0.1) is 0 Å². The van der Waals surface area contributed by atoms with Gasteiger partial charge in [0, 0.05) is 37.4 Å². The minimum atomic E-state index is -0.507. The van der Waals surface area contributed by atoms with Crippen LogP contribution in [0.5, 0.6) is 0 Å². The van der Waals surface area contributed by atoms with Crippen LogP contribution in [0.4, 0.5) is 21.7 Å². The minimum Gasteiger partial charge on any atom is -0.363 e. The Kier molecular flexibility index (Phi) is 5.36. The predicted octanol–water partition coefficient (Wildman–Crippen LogP) is 3.76. The molecular weight excluding hydrogens is 421 g/mol. The summed E-state index contributed by atoms with van der Waals surface area (Å²) >= 11 is 0. The number of fused-ring (bicyclic) bond motifs is 1. The number of nitrogens with zero attached hydrogens (tertiary/aromatic N) is 8. The van der Waals surface area contributed by atoms with Crippen LogP contribution in [0.15, 0.2) is 49.2 Å². The van der Waals surface area contributed by atoms with Gasteiger partial charge < -0.3 is 10.2 Å². The first-order valence-corrected chi connectivity index (χ1v) is 10.4. The summed E-state index contributed by atoms with van der Waals surface area (Å²) in [4.78, 5) is 22.4. The molecule has 0 fully saturated rings. The van der Waals surface area contributed by atoms with E-state index < -0.39 is 5.82 Å². The molecule has 0 aliphatic carbocycles. The van der Waals surface area contributed by atoms with Crippen molar-refractivity contribution >= 4 is 17.3 Å². The predicted molar refractivity (Wildman–Crippen MR) is 121 cm³/mol. The molecule has 0 amide bonds. The first kappa shape index (κ1) is 20.5. The molecule has 0 saturated carbocycles. The highest BCUT2D eigenvalue weighted by atomic mass is 19.1. The number of nitrogens with one attached hydrogen (secondary N) is 1. The zero-order valence-electron chi connectivity index (χ0n) is 17.9. The number of halogens is 1. The van der Waals surface area contributed by atoms with Crippen LogP contribution in [-0.4, -0.2) is 36.3 Å². The number of aromatic nitrogens is 6. The Balaban J connectivity index is 1.34. The molecule has 9 nitrogen and oxygen atoms in total. The fourth-order valence-corrected chi connectivity index (χ4v) is 3.85. The molecule has 0 aromatic carbocycles. The number of pyridine rings is 2. The Labute approximate surface area is 189 Å². The SMILES string of the molecule is [C-]#[N+]c1cc(CNc2ncnc(N3CCn4nccc4C3)c2F)cnc1-c1ccnc(C)c1. The van der Waals surface area contributed by atoms with Gasteiger partial charge >= 0.3 is 0 Å². The van der Waals surface area contributed by atoms with Crippen molar-refractivity contribution in [1.29, 1.82) is 0 Å². The van der Waals surface area contributed by atoms with Crippen LogP contribution in [0.25, 0.3) is 16.1 Å². The van der Waals surface area contributed by atoms with E-state index in [1.807, 2.05) is 34.7 Å². The van der Waals surface area contributed by atoms with E-state index in [1.165, 1.54) is 6.33 Å². The zero-order valence-corrected chi connectivity index (χ0v) is 17.9. The summed E-state index contributed by atoms with van der Waals surface area (Å²) in [7, 11) is 0. The highest BCUT2D eigenvalue weighted by molar-refractivity contribution is 5.75. The van der Waals surface area contributed by atoms with Gasteiger partial charge in [0.25, 0.3) is 0 Å². The van der Waals surface area contributed by atoms with Crippen LogP contribution < -0.4 is 10.2 Å². The maximum Gasteiger partial charge on any atom is 0.213 e. The fourth-order valence-electron chi connectivity index (χ4n) is 3.85. The zero-order chi connectivity index (χ0) is 22.8. The van der Waals surface area contributed by atoms with Gasteiger partial charge in [0.2, 0.25) is 11.5 Å². The third-order valence-corrected chi connectivity index (χ3v) is 5.48. The third-order valence-electron chi connectivity index (χ3n) is 5.48. The summed E-state index contributed by atoms with van der Waals surface area (Å²) in [6.07, 6.45) is 6.47. The van der Waals surface area contributed by atoms with Crippen LogP contribution in [-0.2, 0) is 19.6 Å². The maximum atomic E-state index is 15.2. The quantitative estimate of drug-likeness (QED) is 0.472. The van der Waals surface area contributed by atoms with Crippen LogP contribution in [0.3, 0.4) is 0 Å². The average molecular weight is 441 g/mol. The fraction of sp³-hybridized carbons (Fsp3) is 0.217. The number of aryl methyl sites for hydroxylation is 1. The normalized spacial score (nSPS) is 12.8. The largest absolute Gasteiger partial charge is 0.363 e. The molecule has 0 spiro atoms. The summed E-state index contributed by atoms with van der Waals surface area (Å²) < 4.78 is 17.1. The molecular formula is C23H20FN9. The molecule has 0 unspecified atom stereocenters. The third kappa shape index (κ3) is 4.08. The molecule has 164 valence electrons. The van der Waals surface area contributed by atoms with Gasteiger partial charge in [-0.25, -0.2) is 14.8 Å². The van der Waals surface area contributed by atoms with Crippen molar-refractivity contribution in [3.63, 3.8) is 0 Å². The molecule has 4 aromatic heterocycles. The van der Waals surface area contributed by atoms with Gasteiger partial charge in [0.15, 0.2) is 11.6 Å². The van der Waals surface area contributed by atoms with Crippen molar-refractivity contribution in [1.82, 2.24) is 29.7 Å². The van der Waals surface area contributed by atoms with Gasteiger partial charge in [-0.05, 0) is 42.3 Å². The van der Waals surface area contributed by atoms with Crippen LogP contribution in [0.1, 0.15) is 17.0 Å². The van der Waals surface area contributed by atoms with Gasteiger partial charge in [0.1, 0.15) is 6.33 Å². The number of anilines is 2. The van der Waals surface area contributed by atoms with E-state index in [-0.39, 0.29) is 18.2 Å². The lowest BCUT2D eigenvalue weighted by Crippen LogP contribution is -2.35. The lowest BCUT2D eigenvalue weighted by molar-refractivity contribution is 0.506. The monoisotopic (exact) mass is 441 g/mol. The summed E-state index contributed by atoms with van der Waals surface area (Å²) in [5.41, 5.74) is 4.47. The van der Waals surface area contributed by atoms with Gasteiger partial charge in [-0.1, -0.05) is 0 Å². The number of hydrogen-bond donors (Lipinski definition) is 1. The second-order valence-corrected chi connectivity index (χ2v) is 7.69. The molecule has 1 aliphatic rings. The number of hydrogen-bond acceptors (Lipinski definition) is 7. The summed E-state index contributed by atoms with van der Waals surface area (Å²) in [5, 5.41) is 7.27. The molecule has 1 aliphatic heterocycles. The Hall–Kier alpha value is -4.39. The van der Waals surface area contributed by atoms with E-state index >= 15 is 4.39 Å². The molecule has 5 heterocycles. The van der Waals surface area contributed by atoms with E-state index in [0.717, 1.165) is 22.5 Å². The molecule has 0 bridgehead atoms. The first-order chi connectivity index (χ1) is 16.1. The van der Waals surface area contributed by atoms with Crippen LogP contribution in [0, 0.1) is 19.3 Å². The molecule has 0 saturated heterocycles. The Bertz CT molecular complexity index is 1360. The summed E-state index contributed by atoms with van der Waals surface area (Å²) in [6, 6.07) is 7.39. The van der Waals surface area contributed by atoms with Crippen molar-refractivity contribution in [2.45, 2.75) is 26.6 Å². The van der Waals surface area contributed by atoms with Gasteiger partial charge in [-0.2, -0.15) is 9.49 Å². The summed E-state index contributed by atoms with van der Waals surface area (Å²) in [6.45, 7) is 11.5. The highest BCUT2D eigenvalue weighted by Gasteiger charge is 2.22. The average Bonchev–Trinajstić information content (AvgIpc) is 3.31. The van der Waals surface area contributed by atoms with Crippen molar-refractivity contribution in [2.24, 2.45) is 0 Å². The first-order valence-electron chi connectivity index (χ1n) is 10.4. The van der Waals surface area contributed by atoms with E-state index in [9.17, 15) is 0 Å². The lowest BCUT2D eigenvalue weighted by atomic mass is 10.1. The highest BCUT2D eigenvalue weighted by Crippen LogP contribution is 2.30. The molecule has 0 radical (unpaired) electrons. The smallest absolute Gasteiger partial charge is 0.213 e. The van der Waals surface area contributed by atoms with Crippen molar-refractivity contribution in [2.75, 3.05) is 16.8 Å². The number of rotatable bonds is 5. The second-order valence-electron chi connectivity index (χ2n) is 7.69. The molecule has 5 rings (SSSR count). The molecule has 33 heavy (non-hydrogen) atoms. The summed E-state index contributed by atoms with van der Waals surface area (Å²) in [5.74, 6) is -0.145. The molecule has 1 N–H and O–H groups in total. The van der Waals surface area contributed by atoms with Gasteiger partial charge in [0.05, 0.1) is 31.0 Å². The van der Waals surface area contributed by atoms with Crippen molar-refractivity contribution < 1.29 is 4.39 Å². The Morgan fingerprint density at radius 3 is 2.88 bits per heavy atom. The lowest BCUT2D eigenvalue weighted by Gasteiger charge is -2.29. The van der Waals surface area contributed by atoms with Crippen LogP contribution >= 0.6 is 0 Å². The van der Waals surface area contributed by atoms with Crippen molar-refractivity contribution in [3.8, 4) is 11.3 Å². The standard InChI is InChI=1S/C23H20FN9/c1-15-9-17(3-5-26-15)21-19(25-2)10-16(11-27-21)12-28-22-20(24)23(30-14-29-22)32-7-8-33-18(13-32)4-6-31-33/h3-6,9-11,14H,7-8,12-13H2,1H3,(H,28,29,30). The van der Waals surface area contributed by atoms with E-state index in [0.29, 0.717) is 31.0 Å². The molecule has 10 heteroatoms. The van der Waals surface area contributed by atoms with Crippen LogP contribution in [0.2, 0.25) is 0 Å². The van der Waals surface area contributed by atoms with Gasteiger partial charge in [-0.3, -0.25) is 14.6 Å². The Morgan fingerprint density at radius 2 is 2.03 bits per heavy atom. The Morgan fingerprint density at radius 1 is 1.12 bits per heavy atom. The van der Waals surface area contributed by atoms with Crippen molar-refractivity contribution in [3.05, 3.63) is 83.4 Å². The molecule has 4 aromatic rings. The van der Waals surface area contributed by atoms with E-state index in [4.69, 9.17) is 6.57 Å². The second kappa shape index (κ2) is 8.63. The maximum absolute atomic E-state index is 15.2. The molecule has 0 atom stereocenters. The van der Waals surface area contributed by atoms with E-state index in [1.54, 1.807) is 24.7 Å². The minimum absolute atomic E-state index is 0.109. The van der Waals surface area contributed by atoms with E-state index in [2.05, 4.69) is 35.2 Å². The topological polar surface area (TPSA) is 89.0 Å².